The molecular formula is C16H15F2N. The van der Waals surface area contributed by atoms with Gasteiger partial charge >= 0.3 is 0 Å². The number of halogens is 2. The van der Waals surface area contributed by atoms with Crippen LogP contribution in [-0.4, -0.2) is 0 Å². The highest BCUT2D eigenvalue weighted by atomic mass is 19.1. The number of hydrogen-bond acceptors (Lipinski definition) is 1. The SMILES string of the molecule is Fc1cccc(F)c1CNc1ccc2c(c1)CCC2. The van der Waals surface area contributed by atoms with Crippen molar-refractivity contribution in [1.29, 1.82) is 0 Å². The molecule has 98 valence electrons. The molecule has 1 N–H and O–H groups in total. The standard InChI is InChI=1S/C16H15F2N/c17-15-5-2-6-16(18)14(15)10-19-13-8-7-11-3-1-4-12(11)9-13/h2,5-9,19H,1,3-4,10H2. The second-order valence-corrected chi connectivity index (χ2v) is 4.89. The topological polar surface area (TPSA) is 12.0 Å². The highest BCUT2D eigenvalue weighted by Crippen LogP contribution is 2.25. The van der Waals surface area contributed by atoms with Crippen molar-refractivity contribution in [3.8, 4) is 0 Å². The number of rotatable bonds is 3. The van der Waals surface area contributed by atoms with Crippen molar-refractivity contribution in [3.63, 3.8) is 0 Å². The van der Waals surface area contributed by atoms with E-state index in [2.05, 4.69) is 17.4 Å². The molecule has 0 atom stereocenters. The van der Waals surface area contributed by atoms with E-state index in [1.165, 1.54) is 35.7 Å². The minimum atomic E-state index is -0.506. The van der Waals surface area contributed by atoms with Crippen LogP contribution in [0.5, 0.6) is 0 Å². The van der Waals surface area contributed by atoms with Crippen molar-refractivity contribution in [2.75, 3.05) is 5.32 Å². The van der Waals surface area contributed by atoms with Gasteiger partial charge in [-0.3, -0.25) is 0 Å². The Kier molecular flexibility index (Phi) is 3.20. The molecule has 0 radical (unpaired) electrons. The van der Waals surface area contributed by atoms with Gasteiger partial charge in [-0.25, -0.2) is 8.78 Å². The Morgan fingerprint density at radius 1 is 0.947 bits per heavy atom. The van der Waals surface area contributed by atoms with Crippen molar-refractivity contribution in [3.05, 3.63) is 64.7 Å². The fourth-order valence-corrected chi connectivity index (χ4v) is 2.57. The summed E-state index contributed by atoms with van der Waals surface area (Å²) in [7, 11) is 0. The van der Waals surface area contributed by atoms with Crippen molar-refractivity contribution in [2.45, 2.75) is 25.8 Å². The van der Waals surface area contributed by atoms with Crippen LogP contribution in [0.2, 0.25) is 0 Å². The monoisotopic (exact) mass is 259 g/mol. The second-order valence-electron chi connectivity index (χ2n) is 4.89. The largest absolute Gasteiger partial charge is 0.381 e. The second kappa shape index (κ2) is 5.00. The van der Waals surface area contributed by atoms with E-state index in [0.29, 0.717) is 0 Å². The van der Waals surface area contributed by atoms with E-state index in [9.17, 15) is 8.78 Å². The molecule has 0 bridgehead atoms. The smallest absolute Gasteiger partial charge is 0.131 e. The van der Waals surface area contributed by atoms with Crippen LogP contribution in [0.1, 0.15) is 23.1 Å². The van der Waals surface area contributed by atoms with Crippen molar-refractivity contribution in [2.24, 2.45) is 0 Å². The van der Waals surface area contributed by atoms with Crippen LogP contribution in [-0.2, 0) is 19.4 Å². The molecule has 1 aliphatic carbocycles. The van der Waals surface area contributed by atoms with Crippen molar-refractivity contribution >= 4 is 5.69 Å². The molecule has 0 saturated carbocycles. The van der Waals surface area contributed by atoms with Gasteiger partial charge in [-0.15, -0.1) is 0 Å². The third kappa shape index (κ3) is 2.46. The first-order valence-electron chi connectivity index (χ1n) is 6.52. The van der Waals surface area contributed by atoms with Crippen LogP contribution in [0.25, 0.3) is 0 Å². The summed E-state index contributed by atoms with van der Waals surface area (Å²) >= 11 is 0. The van der Waals surface area contributed by atoms with Gasteiger partial charge in [0.1, 0.15) is 11.6 Å². The Balaban J connectivity index is 1.76. The van der Waals surface area contributed by atoms with Gasteiger partial charge < -0.3 is 5.32 Å². The third-order valence-electron chi connectivity index (χ3n) is 3.63. The summed E-state index contributed by atoms with van der Waals surface area (Å²) < 4.78 is 27.0. The highest BCUT2D eigenvalue weighted by molar-refractivity contribution is 5.50. The van der Waals surface area contributed by atoms with Crippen LogP contribution >= 0.6 is 0 Å². The van der Waals surface area contributed by atoms with Gasteiger partial charge in [0, 0.05) is 17.8 Å². The van der Waals surface area contributed by atoms with Gasteiger partial charge in [0.05, 0.1) is 0 Å². The lowest BCUT2D eigenvalue weighted by molar-refractivity contribution is 0.560. The Bertz CT molecular complexity index is 587. The van der Waals surface area contributed by atoms with Gasteiger partial charge in [-0.2, -0.15) is 0 Å². The zero-order valence-electron chi connectivity index (χ0n) is 10.5. The molecule has 0 unspecified atom stereocenters. The van der Waals surface area contributed by atoms with Crippen LogP contribution < -0.4 is 5.32 Å². The molecule has 3 rings (SSSR count). The van der Waals surface area contributed by atoms with Crippen LogP contribution in [0.4, 0.5) is 14.5 Å². The molecule has 0 heterocycles. The van der Waals surface area contributed by atoms with E-state index in [-0.39, 0.29) is 12.1 Å². The number of benzene rings is 2. The molecule has 2 aromatic rings. The molecular weight excluding hydrogens is 244 g/mol. The molecule has 2 aromatic carbocycles. The van der Waals surface area contributed by atoms with Crippen LogP contribution in [0.3, 0.4) is 0 Å². The Morgan fingerprint density at radius 3 is 2.47 bits per heavy atom. The molecule has 0 saturated heterocycles. The predicted octanol–water partition coefficient (Wildman–Crippen LogP) is 4.07. The number of aryl methyl sites for hydroxylation is 2. The van der Waals surface area contributed by atoms with E-state index in [1.807, 2.05) is 6.07 Å². The summed E-state index contributed by atoms with van der Waals surface area (Å²) in [6, 6.07) is 10.1. The molecule has 1 nitrogen and oxygen atoms in total. The third-order valence-corrected chi connectivity index (χ3v) is 3.63. The van der Waals surface area contributed by atoms with E-state index in [0.717, 1.165) is 18.5 Å². The number of nitrogens with one attached hydrogen (secondary N) is 1. The molecule has 1 aliphatic rings. The maximum atomic E-state index is 13.5. The van der Waals surface area contributed by atoms with Crippen LogP contribution in [0.15, 0.2) is 36.4 Å². The summed E-state index contributed by atoms with van der Waals surface area (Å²) in [6.07, 6.45) is 3.43. The average molecular weight is 259 g/mol. The van der Waals surface area contributed by atoms with Crippen LogP contribution in [0, 0.1) is 11.6 Å². The van der Waals surface area contributed by atoms with Gasteiger partial charge in [-0.05, 0) is 54.7 Å². The molecule has 3 heteroatoms. The minimum Gasteiger partial charge on any atom is -0.381 e. The molecule has 0 amide bonds. The van der Waals surface area contributed by atoms with Gasteiger partial charge in [-0.1, -0.05) is 12.1 Å². The number of anilines is 1. The number of fused-ring (bicyclic) bond motifs is 1. The fourth-order valence-electron chi connectivity index (χ4n) is 2.57. The van der Waals surface area contributed by atoms with Crippen molar-refractivity contribution in [1.82, 2.24) is 0 Å². The summed E-state index contributed by atoms with van der Waals surface area (Å²) in [6.45, 7) is 0.164. The molecule has 19 heavy (non-hydrogen) atoms. The normalized spacial score (nSPS) is 13.4. The fraction of sp³-hybridized carbons (Fsp3) is 0.250. The van der Waals surface area contributed by atoms with Gasteiger partial charge in [0.2, 0.25) is 0 Å². The van der Waals surface area contributed by atoms with Gasteiger partial charge in [0.25, 0.3) is 0 Å². The first kappa shape index (κ1) is 12.2. The van der Waals surface area contributed by atoms with E-state index in [4.69, 9.17) is 0 Å². The zero-order valence-corrected chi connectivity index (χ0v) is 10.5. The average Bonchev–Trinajstić information content (AvgIpc) is 2.85. The predicted molar refractivity (Wildman–Crippen MR) is 72.2 cm³/mol. The summed E-state index contributed by atoms with van der Waals surface area (Å²) in [5.41, 5.74) is 3.74. The molecule has 0 aliphatic heterocycles. The Hall–Kier alpha value is -1.90. The number of hydrogen-bond donors (Lipinski definition) is 1. The highest BCUT2D eigenvalue weighted by Gasteiger charge is 2.12. The lowest BCUT2D eigenvalue weighted by Gasteiger charge is -2.10. The summed E-state index contributed by atoms with van der Waals surface area (Å²) in [5, 5.41) is 3.09. The summed E-state index contributed by atoms with van der Waals surface area (Å²) in [5.74, 6) is -1.01. The van der Waals surface area contributed by atoms with E-state index >= 15 is 0 Å². The first-order valence-corrected chi connectivity index (χ1v) is 6.52. The molecule has 0 spiro atoms. The Morgan fingerprint density at radius 2 is 1.68 bits per heavy atom. The lowest BCUT2D eigenvalue weighted by atomic mass is 10.1. The van der Waals surface area contributed by atoms with E-state index in [1.54, 1.807) is 0 Å². The van der Waals surface area contributed by atoms with Gasteiger partial charge in [0.15, 0.2) is 0 Å². The van der Waals surface area contributed by atoms with E-state index < -0.39 is 11.6 Å². The maximum absolute atomic E-state index is 13.5. The first-order chi connectivity index (χ1) is 9.24. The molecule has 0 aromatic heterocycles. The Labute approximate surface area is 111 Å². The molecule has 0 fully saturated rings. The lowest BCUT2D eigenvalue weighted by Crippen LogP contribution is -2.04. The van der Waals surface area contributed by atoms with Crippen molar-refractivity contribution < 1.29 is 8.78 Å². The maximum Gasteiger partial charge on any atom is 0.131 e. The summed E-state index contributed by atoms with van der Waals surface area (Å²) in [4.78, 5) is 0. The minimum absolute atomic E-state index is 0.0861. The zero-order chi connectivity index (χ0) is 13.2. The quantitative estimate of drug-likeness (QED) is 0.876.